The maximum Gasteiger partial charge on any atom is 0.157 e. The summed E-state index contributed by atoms with van der Waals surface area (Å²) in [5.74, 6) is 5.53. The van der Waals surface area contributed by atoms with Crippen molar-refractivity contribution in [3.05, 3.63) is 11.6 Å². The number of hydrogen-bond donors (Lipinski definition) is 0. The first-order valence-corrected chi connectivity index (χ1v) is 15.3. The summed E-state index contributed by atoms with van der Waals surface area (Å²) in [5.41, 5.74) is 2.78. The zero-order chi connectivity index (χ0) is 23.9. The van der Waals surface area contributed by atoms with Crippen molar-refractivity contribution < 1.29 is 9.47 Å². The topological polar surface area (TPSA) is 18.5 Å². The Bertz CT molecular complexity index is 721. The molecular weight excluding hydrogens is 416 g/mol. The molecule has 9 atom stereocenters. The largest absolute Gasteiger partial charge is 0.353 e. The summed E-state index contributed by atoms with van der Waals surface area (Å²) in [7, 11) is 0. The first kappa shape index (κ1) is 25.3. The van der Waals surface area contributed by atoms with E-state index in [4.69, 9.17) is 9.47 Å². The van der Waals surface area contributed by atoms with Gasteiger partial charge in [-0.25, -0.2) is 0 Å². The van der Waals surface area contributed by atoms with Crippen molar-refractivity contribution in [2.75, 3.05) is 6.61 Å². The van der Waals surface area contributed by atoms with Crippen molar-refractivity contribution >= 4 is 0 Å². The van der Waals surface area contributed by atoms with E-state index in [9.17, 15) is 0 Å². The third kappa shape index (κ3) is 4.69. The molecular formula is C32H54O2. The average molecular weight is 471 g/mol. The molecule has 3 saturated carbocycles. The summed E-state index contributed by atoms with van der Waals surface area (Å²) >= 11 is 0. The molecule has 2 heteroatoms. The molecule has 1 heterocycles. The van der Waals surface area contributed by atoms with E-state index in [2.05, 4.69) is 40.7 Å². The Morgan fingerprint density at radius 1 is 0.971 bits per heavy atom. The highest BCUT2D eigenvalue weighted by atomic mass is 16.7. The highest BCUT2D eigenvalue weighted by Crippen LogP contribution is 2.67. The zero-order valence-corrected chi connectivity index (χ0v) is 23.1. The molecule has 1 aliphatic heterocycles. The summed E-state index contributed by atoms with van der Waals surface area (Å²) < 4.78 is 12.4. The summed E-state index contributed by atoms with van der Waals surface area (Å²) in [5, 5.41) is 0. The van der Waals surface area contributed by atoms with Crippen molar-refractivity contribution in [1.82, 2.24) is 0 Å². The van der Waals surface area contributed by atoms with Crippen LogP contribution in [0.3, 0.4) is 0 Å². The van der Waals surface area contributed by atoms with Gasteiger partial charge in [-0.3, -0.25) is 0 Å². The molecule has 0 aromatic heterocycles. The van der Waals surface area contributed by atoms with Gasteiger partial charge in [0.25, 0.3) is 0 Å². The summed E-state index contributed by atoms with van der Waals surface area (Å²) in [6.45, 7) is 13.6. The summed E-state index contributed by atoms with van der Waals surface area (Å²) in [6.07, 6.45) is 22.0. The molecule has 2 unspecified atom stereocenters. The third-order valence-corrected chi connectivity index (χ3v) is 11.7. The van der Waals surface area contributed by atoms with Gasteiger partial charge < -0.3 is 9.47 Å². The predicted molar refractivity (Wildman–Crippen MR) is 142 cm³/mol. The van der Waals surface area contributed by atoms with Crippen LogP contribution < -0.4 is 0 Å². The van der Waals surface area contributed by atoms with Gasteiger partial charge in [-0.15, -0.1) is 0 Å². The van der Waals surface area contributed by atoms with Gasteiger partial charge in [-0.2, -0.15) is 0 Å². The van der Waals surface area contributed by atoms with Gasteiger partial charge in [0.05, 0.1) is 6.10 Å². The molecule has 0 aromatic carbocycles. The lowest BCUT2D eigenvalue weighted by Crippen LogP contribution is -2.51. The van der Waals surface area contributed by atoms with E-state index >= 15 is 0 Å². The number of fused-ring (bicyclic) bond motifs is 5. The fourth-order valence-electron chi connectivity index (χ4n) is 9.80. The van der Waals surface area contributed by atoms with Crippen LogP contribution >= 0.6 is 0 Å². The Hall–Kier alpha value is -0.340. The van der Waals surface area contributed by atoms with Gasteiger partial charge in [0.1, 0.15) is 0 Å². The minimum atomic E-state index is 0.0633. The van der Waals surface area contributed by atoms with Gasteiger partial charge >= 0.3 is 0 Å². The molecule has 0 N–H and O–H groups in total. The maximum absolute atomic E-state index is 6.47. The van der Waals surface area contributed by atoms with Gasteiger partial charge in [0.2, 0.25) is 0 Å². The van der Waals surface area contributed by atoms with Crippen LogP contribution in [0.15, 0.2) is 11.6 Å². The van der Waals surface area contributed by atoms with Crippen LogP contribution in [0.25, 0.3) is 0 Å². The van der Waals surface area contributed by atoms with Crippen LogP contribution in [0, 0.1) is 46.3 Å². The predicted octanol–water partition coefficient (Wildman–Crippen LogP) is 8.94. The van der Waals surface area contributed by atoms with Crippen LogP contribution in [-0.4, -0.2) is 19.0 Å². The fourth-order valence-corrected chi connectivity index (χ4v) is 9.80. The van der Waals surface area contributed by atoms with E-state index in [1.807, 2.05) is 0 Å². The normalized spacial score (nSPS) is 45.3. The Labute approximate surface area is 211 Å². The Morgan fingerprint density at radius 2 is 1.82 bits per heavy atom. The van der Waals surface area contributed by atoms with Gasteiger partial charge in [0, 0.05) is 6.61 Å². The van der Waals surface area contributed by atoms with Gasteiger partial charge in [-0.05, 0) is 117 Å². The van der Waals surface area contributed by atoms with Crippen molar-refractivity contribution in [1.29, 1.82) is 0 Å². The molecule has 0 amide bonds. The van der Waals surface area contributed by atoms with Crippen LogP contribution in [0.5, 0.6) is 0 Å². The quantitative estimate of drug-likeness (QED) is 0.346. The second kappa shape index (κ2) is 10.2. The molecule has 4 fully saturated rings. The molecule has 34 heavy (non-hydrogen) atoms. The molecule has 194 valence electrons. The van der Waals surface area contributed by atoms with E-state index in [1.54, 1.807) is 5.57 Å². The second-order valence-corrected chi connectivity index (χ2v) is 14.1. The molecule has 0 bridgehead atoms. The molecule has 2 nitrogen and oxygen atoms in total. The Balaban J connectivity index is 1.24. The number of rotatable bonds is 7. The van der Waals surface area contributed by atoms with Crippen molar-refractivity contribution in [2.24, 2.45) is 46.3 Å². The fraction of sp³-hybridized carbons (Fsp3) is 0.938. The van der Waals surface area contributed by atoms with E-state index in [0.29, 0.717) is 16.9 Å². The van der Waals surface area contributed by atoms with E-state index < -0.39 is 0 Å². The first-order chi connectivity index (χ1) is 16.3. The molecule has 1 saturated heterocycles. The Kier molecular flexibility index (Phi) is 7.59. The summed E-state index contributed by atoms with van der Waals surface area (Å²) in [6, 6.07) is 0. The van der Waals surface area contributed by atoms with E-state index in [-0.39, 0.29) is 6.29 Å². The van der Waals surface area contributed by atoms with E-state index in [1.165, 1.54) is 77.0 Å². The third-order valence-electron chi connectivity index (χ3n) is 11.7. The average Bonchev–Trinajstić information content (AvgIpc) is 3.17. The van der Waals surface area contributed by atoms with Crippen LogP contribution in [0.2, 0.25) is 0 Å². The SMILES string of the molecule is CC(C)CCCC(C)[C@H]1CC[C@H]2[C@@H]3CC=C4C[C@@H](OC5CCCCO5)CC[C@]4(C)[C@H]3CC[C@]12C. The number of hydrogen-bond acceptors (Lipinski definition) is 2. The molecule has 4 aliphatic carbocycles. The lowest BCUT2D eigenvalue weighted by atomic mass is 9.47. The lowest BCUT2D eigenvalue weighted by Gasteiger charge is -2.58. The van der Waals surface area contributed by atoms with Gasteiger partial charge in [0.15, 0.2) is 6.29 Å². The molecule has 0 aromatic rings. The zero-order valence-electron chi connectivity index (χ0n) is 23.1. The van der Waals surface area contributed by atoms with Crippen molar-refractivity contribution in [3.8, 4) is 0 Å². The van der Waals surface area contributed by atoms with Crippen LogP contribution in [-0.2, 0) is 9.47 Å². The number of ether oxygens (including phenoxy) is 2. The second-order valence-electron chi connectivity index (χ2n) is 14.1. The molecule has 5 rings (SSSR count). The molecule has 0 spiro atoms. The molecule has 5 aliphatic rings. The van der Waals surface area contributed by atoms with E-state index in [0.717, 1.165) is 55.0 Å². The standard InChI is InChI=1S/C32H54O2/c1-22(2)9-8-10-23(3)27-14-15-28-26-13-12-24-21-25(34-30-11-6-7-20-33-30)16-18-31(24,4)29(26)17-19-32(27,28)5/h12,22-23,25-30H,6-11,13-21H2,1-5H3/t23?,25-,26-,27+,28-,29-,30?,31-,32+/m0/s1. The van der Waals surface area contributed by atoms with Crippen molar-refractivity contribution in [3.63, 3.8) is 0 Å². The minimum Gasteiger partial charge on any atom is -0.353 e. The monoisotopic (exact) mass is 470 g/mol. The maximum atomic E-state index is 6.47. The van der Waals surface area contributed by atoms with Gasteiger partial charge in [-0.1, -0.05) is 65.5 Å². The number of allylic oxidation sites excluding steroid dienone is 1. The highest BCUT2D eigenvalue weighted by Gasteiger charge is 2.59. The molecule has 0 radical (unpaired) electrons. The first-order valence-electron chi connectivity index (χ1n) is 15.3. The van der Waals surface area contributed by atoms with Crippen LogP contribution in [0.4, 0.5) is 0 Å². The van der Waals surface area contributed by atoms with Crippen LogP contribution in [0.1, 0.15) is 125 Å². The lowest BCUT2D eigenvalue weighted by molar-refractivity contribution is -0.195. The minimum absolute atomic E-state index is 0.0633. The Morgan fingerprint density at radius 3 is 2.59 bits per heavy atom. The smallest absolute Gasteiger partial charge is 0.157 e. The van der Waals surface area contributed by atoms with Crippen molar-refractivity contribution in [2.45, 2.75) is 137 Å². The highest BCUT2D eigenvalue weighted by molar-refractivity contribution is 5.25. The summed E-state index contributed by atoms with van der Waals surface area (Å²) in [4.78, 5) is 0.